The maximum atomic E-state index is 12.0. The number of nitrogens with one attached hydrogen (secondary N) is 1. The molecule has 6 heteroatoms. The molecular formula is C16H20ClN3OS. The Balaban J connectivity index is 1.81. The van der Waals surface area contributed by atoms with Crippen LogP contribution in [0.3, 0.4) is 0 Å². The van der Waals surface area contributed by atoms with Gasteiger partial charge in [0.05, 0.1) is 18.0 Å². The highest BCUT2D eigenvalue weighted by Gasteiger charge is 2.11. The highest BCUT2D eigenvalue weighted by molar-refractivity contribution is 7.99. The quantitative estimate of drug-likeness (QED) is 0.815. The number of aromatic nitrogens is 2. The van der Waals surface area contributed by atoms with E-state index in [9.17, 15) is 4.79 Å². The summed E-state index contributed by atoms with van der Waals surface area (Å²) < 4.78 is 1.85. The van der Waals surface area contributed by atoms with Crippen LogP contribution >= 0.6 is 23.4 Å². The first-order chi connectivity index (χ1) is 10.6. The van der Waals surface area contributed by atoms with Gasteiger partial charge in [0.25, 0.3) is 0 Å². The molecule has 2 aromatic rings. The predicted octanol–water partition coefficient (Wildman–Crippen LogP) is 4.38. The summed E-state index contributed by atoms with van der Waals surface area (Å²) in [6.45, 7) is 4.18. The molecule has 1 aromatic heterocycles. The fourth-order valence-corrected chi connectivity index (χ4v) is 2.87. The monoisotopic (exact) mass is 337 g/mol. The number of anilines is 1. The van der Waals surface area contributed by atoms with Gasteiger partial charge in [-0.3, -0.25) is 4.79 Å². The Bertz CT molecular complexity index is 612. The van der Waals surface area contributed by atoms with Gasteiger partial charge in [0.15, 0.2) is 0 Å². The fraction of sp³-hybridized carbons (Fsp3) is 0.375. The van der Waals surface area contributed by atoms with Crippen LogP contribution in [0.5, 0.6) is 0 Å². The molecule has 4 nitrogen and oxygen atoms in total. The van der Waals surface area contributed by atoms with Crippen LogP contribution in [0.15, 0.2) is 36.5 Å². The Morgan fingerprint density at radius 1 is 1.36 bits per heavy atom. The van der Waals surface area contributed by atoms with Gasteiger partial charge in [-0.05, 0) is 31.0 Å². The highest BCUT2D eigenvalue weighted by Crippen LogP contribution is 2.18. The van der Waals surface area contributed by atoms with Gasteiger partial charge >= 0.3 is 0 Å². The summed E-state index contributed by atoms with van der Waals surface area (Å²) in [5.41, 5.74) is 1.16. The summed E-state index contributed by atoms with van der Waals surface area (Å²) in [6, 6.07) is 9.78. The van der Waals surface area contributed by atoms with Crippen molar-refractivity contribution in [1.82, 2.24) is 9.78 Å². The maximum Gasteiger partial charge on any atom is 0.235 e. The molecule has 0 aliphatic carbocycles. The van der Waals surface area contributed by atoms with Crippen molar-refractivity contribution in [3.8, 4) is 0 Å². The minimum absolute atomic E-state index is 0.0102. The van der Waals surface area contributed by atoms with Gasteiger partial charge < -0.3 is 5.32 Å². The third-order valence-electron chi connectivity index (χ3n) is 3.36. The van der Waals surface area contributed by atoms with E-state index in [0.717, 1.165) is 28.6 Å². The average molecular weight is 338 g/mol. The van der Waals surface area contributed by atoms with Crippen molar-refractivity contribution in [3.63, 3.8) is 0 Å². The molecular weight excluding hydrogens is 318 g/mol. The molecule has 1 heterocycles. The Kier molecular flexibility index (Phi) is 6.34. The van der Waals surface area contributed by atoms with E-state index in [1.165, 1.54) is 0 Å². The number of thioether (sulfide) groups is 1. The maximum absolute atomic E-state index is 12.0. The normalized spacial score (nSPS) is 12.1. The van der Waals surface area contributed by atoms with Crippen molar-refractivity contribution in [3.05, 3.63) is 47.1 Å². The van der Waals surface area contributed by atoms with Crippen LogP contribution < -0.4 is 5.32 Å². The lowest BCUT2D eigenvalue weighted by atomic mass is 10.2. The highest BCUT2D eigenvalue weighted by atomic mass is 35.5. The SMILES string of the molecule is CCC(C)n1nccc1NC(=O)CSCc1ccc(Cl)cc1. The van der Waals surface area contributed by atoms with Crippen molar-refractivity contribution in [2.75, 3.05) is 11.1 Å². The fourth-order valence-electron chi connectivity index (χ4n) is 1.96. The van der Waals surface area contributed by atoms with Crippen LogP contribution in [0.1, 0.15) is 31.9 Å². The smallest absolute Gasteiger partial charge is 0.235 e. The van der Waals surface area contributed by atoms with Crippen LogP contribution in [0.25, 0.3) is 0 Å². The molecule has 0 bridgehead atoms. The van der Waals surface area contributed by atoms with Gasteiger partial charge in [-0.25, -0.2) is 4.68 Å². The summed E-state index contributed by atoms with van der Waals surface area (Å²) in [5.74, 6) is 1.94. The molecule has 0 aliphatic heterocycles. The Morgan fingerprint density at radius 2 is 2.09 bits per heavy atom. The Hall–Kier alpha value is -1.46. The van der Waals surface area contributed by atoms with E-state index in [1.54, 1.807) is 18.0 Å². The zero-order chi connectivity index (χ0) is 15.9. The summed E-state index contributed by atoms with van der Waals surface area (Å²) >= 11 is 7.43. The van der Waals surface area contributed by atoms with Crippen LogP contribution in [0.2, 0.25) is 5.02 Å². The van der Waals surface area contributed by atoms with Gasteiger partial charge in [0, 0.05) is 16.8 Å². The van der Waals surface area contributed by atoms with E-state index >= 15 is 0 Å². The average Bonchev–Trinajstić information content (AvgIpc) is 2.96. The van der Waals surface area contributed by atoms with Gasteiger partial charge in [-0.1, -0.05) is 30.7 Å². The molecule has 0 saturated carbocycles. The topological polar surface area (TPSA) is 46.9 Å². The second kappa shape index (κ2) is 8.25. The lowest BCUT2D eigenvalue weighted by molar-refractivity contribution is -0.113. The number of amides is 1. The largest absolute Gasteiger partial charge is 0.310 e. The molecule has 1 aromatic carbocycles. The third kappa shape index (κ3) is 4.78. The van der Waals surface area contributed by atoms with E-state index in [1.807, 2.05) is 35.0 Å². The molecule has 1 unspecified atom stereocenters. The van der Waals surface area contributed by atoms with Crippen molar-refractivity contribution < 1.29 is 4.79 Å². The molecule has 0 fully saturated rings. The van der Waals surface area contributed by atoms with Crippen LogP contribution in [0.4, 0.5) is 5.82 Å². The molecule has 22 heavy (non-hydrogen) atoms. The van der Waals surface area contributed by atoms with E-state index in [2.05, 4.69) is 24.3 Å². The minimum Gasteiger partial charge on any atom is -0.310 e. The van der Waals surface area contributed by atoms with E-state index in [4.69, 9.17) is 11.6 Å². The van der Waals surface area contributed by atoms with Crippen molar-refractivity contribution >= 4 is 35.1 Å². The molecule has 1 N–H and O–H groups in total. The number of nitrogens with zero attached hydrogens (tertiary/aromatic N) is 2. The van der Waals surface area contributed by atoms with Crippen LogP contribution in [-0.2, 0) is 10.5 Å². The van der Waals surface area contributed by atoms with Crippen LogP contribution in [0, 0.1) is 0 Å². The molecule has 1 amide bonds. The molecule has 0 saturated heterocycles. The summed E-state index contributed by atoms with van der Waals surface area (Å²) in [5, 5.41) is 7.91. The number of carbonyl (C=O) groups excluding carboxylic acids is 1. The minimum atomic E-state index is -0.0102. The molecule has 2 rings (SSSR count). The molecule has 0 radical (unpaired) electrons. The first kappa shape index (κ1) is 16.9. The van der Waals surface area contributed by atoms with E-state index < -0.39 is 0 Å². The molecule has 0 spiro atoms. The lowest BCUT2D eigenvalue weighted by Crippen LogP contribution is -2.19. The van der Waals surface area contributed by atoms with Crippen LogP contribution in [-0.4, -0.2) is 21.4 Å². The van der Waals surface area contributed by atoms with Gasteiger partial charge in [-0.2, -0.15) is 5.10 Å². The summed E-state index contributed by atoms with van der Waals surface area (Å²) in [4.78, 5) is 12.0. The Labute approximate surface area is 140 Å². The predicted molar refractivity (Wildman–Crippen MR) is 93.5 cm³/mol. The van der Waals surface area contributed by atoms with Gasteiger partial charge in [0.2, 0.25) is 5.91 Å². The zero-order valence-corrected chi connectivity index (χ0v) is 14.3. The van der Waals surface area contributed by atoms with E-state index in [0.29, 0.717) is 5.75 Å². The second-order valence-corrected chi connectivity index (χ2v) is 6.51. The molecule has 0 aliphatic rings. The number of benzene rings is 1. The lowest BCUT2D eigenvalue weighted by Gasteiger charge is -2.14. The van der Waals surface area contributed by atoms with Gasteiger partial charge in [0.1, 0.15) is 5.82 Å². The zero-order valence-electron chi connectivity index (χ0n) is 12.8. The third-order valence-corrected chi connectivity index (χ3v) is 4.62. The molecule has 1 atom stereocenters. The first-order valence-electron chi connectivity index (χ1n) is 7.25. The number of hydrogen-bond acceptors (Lipinski definition) is 3. The van der Waals surface area contributed by atoms with Gasteiger partial charge in [-0.15, -0.1) is 11.8 Å². The number of halogens is 1. The second-order valence-electron chi connectivity index (χ2n) is 5.09. The Morgan fingerprint density at radius 3 is 2.77 bits per heavy atom. The number of rotatable bonds is 7. The number of hydrogen-bond donors (Lipinski definition) is 1. The molecule has 118 valence electrons. The van der Waals surface area contributed by atoms with Crippen molar-refractivity contribution in [1.29, 1.82) is 0 Å². The van der Waals surface area contributed by atoms with Crippen molar-refractivity contribution in [2.24, 2.45) is 0 Å². The summed E-state index contributed by atoms with van der Waals surface area (Å²) in [7, 11) is 0. The first-order valence-corrected chi connectivity index (χ1v) is 8.79. The standard InChI is InChI=1S/C16H20ClN3OS/c1-3-12(2)20-15(8-9-18-20)19-16(21)11-22-10-13-4-6-14(17)7-5-13/h4-9,12H,3,10-11H2,1-2H3,(H,19,21). The number of carbonyl (C=O) groups is 1. The summed E-state index contributed by atoms with van der Waals surface area (Å²) in [6.07, 6.45) is 2.68. The van der Waals surface area contributed by atoms with E-state index in [-0.39, 0.29) is 11.9 Å². The van der Waals surface area contributed by atoms with Crippen molar-refractivity contribution in [2.45, 2.75) is 32.1 Å².